The molecule has 0 fully saturated rings. The quantitative estimate of drug-likeness (QED) is 0.334. The van der Waals surface area contributed by atoms with Crippen LogP contribution in [0.15, 0.2) is 48.7 Å². The van der Waals surface area contributed by atoms with Crippen LogP contribution >= 0.6 is 0 Å². The van der Waals surface area contributed by atoms with Crippen LogP contribution < -0.4 is 0 Å². The first-order chi connectivity index (χ1) is 7.74. The predicted octanol–water partition coefficient (Wildman–Crippen LogP) is 1.69. The number of benzene rings is 1. The number of hydrogen-bond donors (Lipinski definition) is 0. The average Bonchev–Trinajstić information content (AvgIpc) is 2.30. The Morgan fingerprint density at radius 1 is 1.25 bits per heavy atom. The normalized spacial score (nSPS) is 8.75. The van der Waals surface area contributed by atoms with Gasteiger partial charge in [0.15, 0.2) is 0 Å². The van der Waals surface area contributed by atoms with Gasteiger partial charge in [0.2, 0.25) is 6.79 Å². The largest absolute Gasteiger partial charge is 0.424 e. The van der Waals surface area contributed by atoms with Crippen LogP contribution in [0.1, 0.15) is 10.4 Å². The Labute approximate surface area is 92.8 Å². The molecule has 1 aromatic rings. The molecule has 0 N–H and O–H groups in total. The molecule has 4 heteroatoms. The van der Waals surface area contributed by atoms with Gasteiger partial charge in [-0.15, -0.1) is 5.73 Å². The second kappa shape index (κ2) is 6.22. The van der Waals surface area contributed by atoms with E-state index in [2.05, 4.69) is 17.0 Å². The standard InChI is InChI=1S/C12H10O4/c1-2-6-11(13)15-9-16-12(14)10-7-4-3-5-8-10/h3-8H,1,9H2. The lowest BCUT2D eigenvalue weighted by Crippen LogP contribution is -2.11. The lowest BCUT2D eigenvalue weighted by molar-refractivity contribution is -0.146. The summed E-state index contributed by atoms with van der Waals surface area (Å²) in [6.07, 6.45) is 1.01. The molecule has 0 saturated heterocycles. The van der Waals surface area contributed by atoms with Gasteiger partial charge in [-0.2, -0.15) is 0 Å². The SMILES string of the molecule is C=C=CC(=O)OCOC(=O)c1ccccc1. The topological polar surface area (TPSA) is 52.6 Å². The van der Waals surface area contributed by atoms with Crippen molar-refractivity contribution in [3.63, 3.8) is 0 Å². The highest BCUT2D eigenvalue weighted by atomic mass is 16.7. The van der Waals surface area contributed by atoms with E-state index in [0.29, 0.717) is 5.56 Å². The van der Waals surface area contributed by atoms with Crippen LogP contribution in [0.4, 0.5) is 0 Å². The van der Waals surface area contributed by atoms with E-state index in [1.54, 1.807) is 30.3 Å². The van der Waals surface area contributed by atoms with Gasteiger partial charge in [0.25, 0.3) is 0 Å². The lowest BCUT2D eigenvalue weighted by atomic mass is 10.2. The number of hydrogen-bond acceptors (Lipinski definition) is 4. The summed E-state index contributed by atoms with van der Waals surface area (Å²) in [5, 5.41) is 0. The molecule has 0 unspecified atom stereocenters. The minimum Gasteiger partial charge on any atom is -0.424 e. The van der Waals surface area contributed by atoms with Gasteiger partial charge in [0.1, 0.15) is 0 Å². The molecule has 0 aliphatic rings. The van der Waals surface area contributed by atoms with Crippen molar-refractivity contribution in [2.45, 2.75) is 0 Å². The van der Waals surface area contributed by atoms with E-state index in [9.17, 15) is 9.59 Å². The summed E-state index contributed by atoms with van der Waals surface area (Å²) < 4.78 is 9.23. The van der Waals surface area contributed by atoms with E-state index in [-0.39, 0.29) is 0 Å². The number of esters is 2. The van der Waals surface area contributed by atoms with Crippen molar-refractivity contribution in [2.75, 3.05) is 6.79 Å². The van der Waals surface area contributed by atoms with E-state index in [1.807, 2.05) is 0 Å². The molecule has 0 radical (unpaired) electrons. The minimum absolute atomic E-state index is 0.401. The Morgan fingerprint density at radius 3 is 2.56 bits per heavy atom. The summed E-state index contributed by atoms with van der Waals surface area (Å²) in [5.74, 6) is -1.20. The van der Waals surface area contributed by atoms with E-state index >= 15 is 0 Å². The Balaban J connectivity index is 2.37. The van der Waals surface area contributed by atoms with Gasteiger partial charge >= 0.3 is 11.9 Å². The molecule has 1 aromatic carbocycles. The molecular formula is C12H10O4. The lowest BCUT2D eigenvalue weighted by Gasteiger charge is -2.03. The summed E-state index contributed by atoms with van der Waals surface area (Å²) >= 11 is 0. The highest BCUT2D eigenvalue weighted by Gasteiger charge is 2.06. The first-order valence-corrected chi connectivity index (χ1v) is 4.49. The van der Waals surface area contributed by atoms with Crippen molar-refractivity contribution in [3.8, 4) is 0 Å². The first-order valence-electron chi connectivity index (χ1n) is 4.49. The van der Waals surface area contributed by atoms with Crippen LogP contribution in [-0.2, 0) is 14.3 Å². The van der Waals surface area contributed by atoms with Gasteiger partial charge in [-0.25, -0.2) is 9.59 Å². The van der Waals surface area contributed by atoms with Gasteiger partial charge < -0.3 is 9.47 Å². The van der Waals surface area contributed by atoms with Crippen molar-refractivity contribution in [2.24, 2.45) is 0 Å². The fourth-order valence-electron chi connectivity index (χ4n) is 0.924. The Morgan fingerprint density at radius 2 is 1.94 bits per heavy atom. The first kappa shape index (κ1) is 11.8. The van der Waals surface area contributed by atoms with Crippen molar-refractivity contribution in [1.29, 1.82) is 0 Å². The maximum atomic E-state index is 11.3. The summed E-state index contributed by atoms with van der Waals surface area (Å²) in [4.78, 5) is 22.1. The predicted molar refractivity (Wildman–Crippen MR) is 56.5 cm³/mol. The van der Waals surface area contributed by atoms with E-state index < -0.39 is 18.7 Å². The van der Waals surface area contributed by atoms with Gasteiger partial charge in [-0.3, -0.25) is 0 Å². The van der Waals surface area contributed by atoms with Crippen LogP contribution in [0.5, 0.6) is 0 Å². The average molecular weight is 218 g/mol. The van der Waals surface area contributed by atoms with E-state index in [1.165, 1.54) is 0 Å². The maximum Gasteiger partial charge on any atom is 0.341 e. The molecule has 0 spiro atoms. The van der Waals surface area contributed by atoms with E-state index in [4.69, 9.17) is 4.74 Å². The van der Waals surface area contributed by atoms with Crippen LogP contribution in [0.3, 0.4) is 0 Å². The molecule has 0 amide bonds. The summed E-state index contributed by atoms with van der Waals surface area (Å²) in [7, 11) is 0. The van der Waals surface area contributed by atoms with Crippen molar-refractivity contribution >= 4 is 11.9 Å². The Bertz CT molecular complexity index is 416. The molecule has 1 rings (SSSR count). The Hall–Kier alpha value is -2.32. The third-order valence-electron chi connectivity index (χ3n) is 1.62. The molecular weight excluding hydrogens is 208 g/mol. The Kier molecular flexibility index (Phi) is 4.57. The molecule has 16 heavy (non-hydrogen) atoms. The highest BCUT2D eigenvalue weighted by Crippen LogP contribution is 2.00. The zero-order valence-electron chi connectivity index (χ0n) is 8.51. The van der Waals surface area contributed by atoms with Crippen molar-refractivity contribution < 1.29 is 19.1 Å². The van der Waals surface area contributed by atoms with Gasteiger partial charge in [-0.1, -0.05) is 24.8 Å². The van der Waals surface area contributed by atoms with Gasteiger partial charge in [-0.05, 0) is 12.1 Å². The monoisotopic (exact) mass is 218 g/mol. The molecule has 0 saturated carbocycles. The van der Waals surface area contributed by atoms with Gasteiger partial charge in [0.05, 0.1) is 11.6 Å². The molecule has 4 nitrogen and oxygen atoms in total. The van der Waals surface area contributed by atoms with Crippen LogP contribution in [-0.4, -0.2) is 18.7 Å². The fourth-order valence-corrected chi connectivity index (χ4v) is 0.924. The fraction of sp³-hybridized carbons (Fsp3) is 0.0833. The van der Waals surface area contributed by atoms with Crippen LogP contribution in [0.25, 0.3) is 0 Å². The van der Waals surface area contributed by atoms with Crippen LogP contribution in [0, 0.1) is 0 Å². The molecule has 0 bridgehead atoms. The number of rotatable bonds is 4. The zero-order valence-corrected chi connectivity index (χ0v) is 8.51. The molecule has 0 aromatic heterocycles. The molecule has 0 aliphatic heterocycles. The van der Waals surface area contributed by atoms with Crippen molar-refractivity contribution in [1.82, 2.24) is 0 Å². The molecule has 82 valence electrons. The second-order valence-corrected chi connectivity index (χ2v) is 2.73. The van der Waals surface area contributed by atoms with Crippen molar-refractivity contribution in [3.05, 3.63) is 54.3 Å². The molecule has 0 aliphatic carbocycles. The van der Waals surface area contributed by atoms with E-state index in [0.717, 1.165) is 6.08 Å². The van der Waals surface area contributed by atoms with Gasteiger partial charge in [0, 0.05) is 0 Å². The number of carbonyl (C=O) groups is 2. The zero-order chi connectivity index (χ0) is 11.8. The second-order valence-electron chi connectivity index (χ2n) is 2.73. The smallest absolute Gasteiger partial charge is 0.341 e. The molecule has 0 heterocycles. The summed E-state index contributed by atoms with van der Waals surface area (Å²) in [6, 6.07) is 8.42. The molecule has 0 atom stereocenters. The number of carbonyl (C=O) groups excluding carboxylic acids is 2. The summed E-state index contributed by atoms with van der Waals surface area (Å²) in [6.45, 7) is 2.78. The number of ether oxygens (including phenoxy) is 2. The maximum absolute atomic E-state index is 11.3. The van der Waals surface area contributed by atoms with Crippen LogP contribution in [0.2, 0.25) is 0 Å². The minimum atomic E-state index is -0.657. The summed E-state index contributed by atoms with van der Waals surface area (Å²) in [5.41, 5.74) is 2.65. The third-order valence-corrected chi connectivity index (χ3v) is 1.62. The highest BCUT2D eigenvalue weighted by molar-refractivity contribution is 5.89. The third kappa shape index (κ3) is 3.82.